The number of nitrogens with zero attached hydrogens (tertiary/aromatic N) is 3. The summed E-state index contributed by atoms with van der Waals surface area (Å²) >= 11 is 0. The lowest BCUT2D eigenvalue weighted by molar-refractivity contribution is -0.133. The van der Waals surface area contributed by atoms with Crippen LogP contribution in [0.5, 0.6) is 0 Å². The van der Waals surface area contributed by atoms with Gasteiger partial charge in [0, 0.05) is 25.8 Å². The first kappa shape index (κ1) is 11.1. The van der Waals surface area contributed by atoms with Gasteiger partial charge in [-0.05, 0) is 19.9 Å². The maximum atomic E-state index is 11.9. The second kappa shape index (κ2) is 4.25. The maximum Gasteiger partial charge on any atom is 0.244 e. The van der Waals surface area contributed by atoms with Gasteiger partial charge in [-0.2, -0.15) is 5.10 Å². The molecule has 2 heterocycles. The summed E-state index contributed by atoms with van der Waals surface area (Å²) in [6, 6.07) is 2.34. The highest BCUT2D eigenvalue weighted by atomic mass is 16.2. The van der Waals surface area contributed by atoms with Gasteiger partial charge in [0.2, 0.25) is 5.91 Å². The van der Waals surface area contributed by atoms with Gasteiger partial charge in [0.25, 0.3) is 0 Å². The van der Waals surface area contributed by atoms with Crippen LogP contribution in [-0.2, 0) is 11.3 Å². The number of likely N-dealkylation sites (N-methyl/N-ethyl adjacent to an activating group) is 1. The summed E-state index contributed by atoms with van der Waals surface area (Å²) < 4.78 is 1.76. The Morgan fingerprint density at radius 2 is 2.31 bits per heavy atom. The maximum absolute atomic E-state index is 11.9. The lowest BCUT2D eigenvalue weighted by atomic mass is 10.1. The van der Waals surface area contributed by atoms with Crippen LogP contribution in [0.15, 0.2) is 6.07 Å². The summed E-state index contributed by atoms with van der Waals surface area (Å²) in [7, 11) is 1.86. The topological polar surface area (TPSA) is 50.2 Å². The molecule has 5 heteroatoms. The number of hydrogen-bond donors (Lipinski definition) is 1. The largest absolute Gasteiger partial charge is 0.339 e. The van der Waals surface area contributed by atoms with Crippen molar-refractivity contribution in [1.29, 1.82) is 0 Å². The van der Waals surface area contributed by atoms with Gasteiger partial charge >= 0.3 is 0 Å². The van der Waals surface area contributed by atoms with Crippen LogP contribution in [0.25, 0.3) is 0 Å². The standard InChI is InChI=1S/C11H18N4O/c1-8-4-9(2)15(13-8)7-11(16)14(3)10-5-12-6-10/h4,10,12H,5-7H2,1-3H3. The minimum Gasteiger partial charge on any atom is -0.339 e. The number of rotatable bonds is 3. The van der Waals surface area contributed by atoms with Gasteiger partial charge < -0.3 is 10.2 Å². The van der Waals surface area contributed by atoms with Crippen molar-refractivity contribution in [3.8, 4) is 0 Å². The zero-order valence-corrected chi connectivity index (χ0v) is 10.0. The molecule has 0 atom stereocenters. The van der Waals surface area contributed by atoms with E-state index in [2.05, 4.69) is 10.4 Å². The van der Waals surface area contributed by atoms with Gasteiger partial charge in [0.15, 0.2) is 0 Å². The predicted octanol–water partition coefficient (Wildman–Crippen LogP) is -0.0699. The van der Waals surface area contributed by atoms with E-state index in [-0.39, 0.29) is 5.91 Å². The van der Waals surface area contributed by atoms with Gasteiger partial charge in [-0.3, -0.25) is 9.48 Å². The monoisotopic (exact) mass is 222 g/mol. The molecule has 1 fully saturated rings. The van der Waals surface area contributed by atoms with Crippen LogP contribution in [0.4, 0.5) is 0 Å². The molecular formula is C11H18N4O. The number of carbonyl (C=O) groups excluding carboxylic acids is 1. The Labute approximate surface area is 95.4 Å². The van der Waals surface area contributed by atoms with Crippen LogP contribution in [0.2, 0.25) is 0 Å². The fourth-order valence-electron chi connectivity index (χ4n) is 1.83. The Morgan fingerprint density at radius 1 is 1.62 bits per heavy atom. The molecule has 16 heavy (non-hydrogen) atoms. The van der Waals surface area contributed by atoms with E-state index in [4.69, 9.17) is 0 Å². The summed E-state index contributed by atoms with van der Waals surface area (Å²) in [5.41, 5.74) is 1.99. The molecule has 0 spiro atoms. The van der Waals surface area contributed by atoms with Crippen LogP contribution < -0.4 is 5.32 Å². The fourth-order valence-corrected chi connectivity index (χ4v) is 1.83. The molecule has 0 saturated carbocycles. The first-order valence-corrected chi connectivity index (χ1v) is 5.55. The first-order valence-electron chi connectivity index (χ1n) is 5.55. The van der Waals surface area contributed by atoms with Gasteiger partial charge in [-0.1, -0.05) is 0 Å². The molecule has 1 aliphatic heterocycles. The second-order valence-electron chi connectivity index (χ2n) is 4.40. The van der Waals surface area contributed by atoms with Crippen LogP contribution in [0, 0.1) is 13.8 Å². The van der Waals surface area contributed by atoms with Gasteiger partial charge in [0.1, 0.15) is 6.54 Å². The molecule has 0 radical (unpaired) electrons. The average molecular weight is 222 g/mol. The van der Waals surface area contributed by atoms with Crippen molar-refractivity contribution >= 4 is 5.91 Å². The van der Waals surface area contributed by atoms with E-state index in [1.165, 1.54) is 0 Å². The molecule has 1 aromatic heterocycles. The summed E-state index contributed by atoms with van der Waals surface area (Å²) in [4.78, 5) is 13.8. The zero-order valence-electron chi connectivity index (χ0n) is 10.0. The van der Waals surface area contributed by atoms with Crippen molar-refractivity contribution < 1.29 is 4.79 Å². The number of aryl methyl sites for hydroxylation is 2. The summed E-state index contributed by atoms with van der Waals surface area (Å²) in [6.07, 6.45) is 0. The minimum absolute atomic E-state index is 0.123. The Bertz CT molecular complexity index is 395. The third-order valence-electron chi connectivity index (χ3n) is 3.09. The van der Waals surface area contributed by atoms with Crippen LogP contribution in [-0.4, -0.2) is 46.8 Å². The van der Waals surface area contributed by atoms with E-state index in [9.17, 15) is 4.79 Å². The average Bonchev–Trinajstić information content (AvgIpc) is 2.42. The molecule has 0 unspecified atom stereocenters. The molecule has 0 bridgehead atoms. The highest BCUT2D eigenvalue weighted by molar-refractivity contribution is 5.76. The van der Waals surface area contributed by atoms with Crippen LogP contribution >= 0.6 is 0 Å². The van der Waals surface area contributed by atoms with Gasteiger partial charge in [-0.25, -0.2) is 0 Å². The van der Waals surface area contributed by atoms with E-state index in [0.717, 1.165) is 24.5 Å². The first-order chi connectivity index (χ1) is 7.58. The lowest BCUT2D eigenvalue weighted by Crippen LogP contribution is -2.58. The van der Waals surface area contributed by atoms with Crippen LogP contribution in [0.1, 0.15) is 11.4 Å². The van der Waals surface area contributed by atoms with Crippen molar-refractivity contribution in [2.45, 2.75) is 26.4 Å². The number of carbonyl (C=O) groups is 1. The molecule has 1 amide bonds. The van der Waals surface area contributed by atoms with E-state index in [0.29, 0.717) is 12.6 Å². The van der Waals surface area contributed by atoms with Crippen molar-refractivity contribution in [2.75, 3.05) is 20.1 Å². The molecule has 0 aromatic carbocycles. The molecule has 1 N–H and O–H groups in total. The third kappa shape index (κ3) is 2.09. The normalized spacial score (nSPS) is 15.9. The molecule has 1 aliphatic rings. The number of aromatic nitrogens is 2. The molecule has 2 rings (SSSR count). The van der Waals surface area contributed by atoms with E-state index in [1.807, 2.05) is 31.9 Å². The van der Waals surface area contributed by atoms with E-state index >= 15 is 0 Å². The molecule has 88 valence electrons. The van der Waals surface area contributed by atoms with E-state index < -0.39 is 0 Å². The third-order valence-corrected chi connectivity index (χ3v) is 3.09. The summed E-state index contributed by atoms with van der Waals surface area (Å²) in [5.74, 6) is 0.123. The SMILES string of the molecule is Cc1cc(C)n(CC(=O)N(C)C2CNC2)n1. The Morgan fingerprint density at radius 3 is 2.75 bits per heavy atom. The van der Waals surface area contributed by atoms with Gasteiger partial charge in [0.05, 0.1) is 11.7 Å². The summed E-state index contributed by atoms with van der Waals surface area (Å²) in [6.45, 7) is 6.05. The molecule has 5 nitrogen and oxygen atoms in total. The second-order valence-corrected chi connectivity index (χ2v) is 4.40. The number of nitrogens with one attached hydrogen (secondary N) is 1. The van der Waals surface area contributed by atoms with E-state index in [1.54, 1.807) is 4.68 Å². The quantitative estimate of drug-likeness (QED) is 0.779. The van der Waals surface area contributed by atoms with Crippen molar-refractivity contribution in [3.05, 3.63) is 17.5 Å². The van der Waals surface area contributed by atoms with Crippen molar-refractivity contribution in [2.24, 2.45) is 0 Å². The molecule has 0 aliphatic carbocycles. The lowest BCUT2D eigenvalue weighted by Gasteiger charge is -2.35. The summed E-state index contributed by atoms with van der Waals surface area (Å²) in [5, 5.41) is 7.45. The highest BCUT2D eigenvalue weighted by Gasteiger charge is 2.25. The fraction of sp³-hybridized carbons (Fsp3) is 0.636. The van der Waals surface area contributed by atoms with Crippen LogP contribution in [0.3, 0.4) is 0 Å². The Hall–Kier alpha value is -1.36. The smallest absolute Gasteiger partial charge is 0.244 e. The van der Waals surface area contributed by atoms with Gasteiger partial charge in [-0.15, -0.1) is 0 Å². The predicted molar refractivity (Wildman–Crippen MR) is 61.1 cm³/mol. The highest BCUT2D eigenvalue weighted by Crippen LogP contribution is 2.06. The Balaban J connectivity index is 1.98. The molecule has 1 saturated heterocycles. The Kier molecular flexibility index (Phi) is 2.96. The molecule has 1 aromatic rings. The minimum atomic E-state index is 0.123. The molecular weight excluding hydrogens is 204 g/mol. The van der Waals surface area contributed by atoms with Crippen molar-refractivity contribution in [1.82, 2.24) is 20.0 Å². The number of hydrogen-bond acceptors (Lipinski definition) is 3. The van der Waals surface area contributed by atoms with Crippen molar-refractivity contribution in [3.63, 3.8) is 0 Å². The zero-order chi connectivity index (χ0) is 11.7. The number of amides is 1.